The fourth-order valence-corrected chi connectivity index (χ4v) is 5.19. The third-order valence-corrected chi connectivity index (χ3v) is 6.85. The number of rotatable bonds is 3. The number of hydrogen-bond donors (Lipinski definition) is 1. The Bertz CT molecular complexity index is 1130. The second-order valence-electron chi connectivity index (χ2n) is 7.97. The molecule has 0 radical (unpaired) electrons. The van der Waals surface area contributed by atoms with Crippen LogP contribution in [0.1, 0.15) is 47.9 Å². The first kappa shape index (κ1) is 18.9. The lowest BCUT2D eigenvalue weighted by molar-refractivity contribution is -0.118. The van der Waals surface area contributed by atoms with Crippen molar-refractivity contribution >= 4 is 33.1 Å². The van der Waals surface area contributed by atoms with E-state index in [-0.39, 0.29) is 11.5 Å². The van der Waals surface area contributed by atoms with E-state index >= 15 is 0 Å². The number of carbonyl (C=O) groups is 1. The van der Waals surface area contributed by atoms with Gasteiger partial charge in [-0.1, -0.05) is 19.1 Å². The SMILES string of the molecule is Cc1ccc(C)c(NC(=O)[C@@H](C)n2cnc3sc4c(c3c2=O)CC[C@H](C)C4)c1. The third-order valence-electron chi connectivity index (χ3n) is 5.69. The Labute approximate surface area is 168 Å². The van der Waals surface area contributed by atoms with Crippen molar-refractivity contribution in [3.8, 4) is 0 Å². The smallest absolute Gasteiger partial charge is 0.263 e. The molecule has 28 heavy (non-hydrogen) atoms. The van der Waals surface area contributed by atoms with Crippen LogP contribution in [0.25, 0.3) is 10.2 Å². The van der Waals surface area contributed by atoms with Crippen LogP contribution in [0.4, 0.5) is 5.69 Å². The first-order valence-corrected chi connectivity index (χ1v) is 10.6. The van der Waals surface area contributed by atoms with Crippen molar-refractivity contribution in [2.24, 2.45) is 5.92 Å². The Balaban J connectivity index is 1.68. The molecule has 5 nitrogen and oxygen atoms in total. The fourth-order valence-electron chi connectivity index (χ4n) is 3.85. The molecule has 6 heteroatoms. The van der Waals surface area contributed by atoms with Gasteiger partial charge >= 0.3 is 0 Å². The van der Waals surface area contributed by atoms with E-state index in [4.69, 9.17) is 0 Å². The minimum Gasteiger partial charge on any atom is -0.324 e. The molecular formula is C22H25N3O2S. The van der Waals surface area contributed by atoms with Crippen molar-refractivity contribution < 1.29 is 4.79 Å². The Morgan fingerprint density at radius 3 is 2.93 bits per heavy atom. The number of fused-ring (bicyclic) bond motifs is 3. The molecule has 0 bridgehead atoms. The minimum atomic E-state index is -0.637. The Hall–Kier alpha value is -2.47. The molecule has 2 heterocycles. The van der Waals surface area contributed by atoms with Gasteiger partial charge < -0.3 is 5.32 Å². The Morgan fingerprint density at radius 1 is 1.36 bits per heavy atom. The molecular weight excluding hydrogens is 370 g/mol. The summed E-state index contributed by atoms with van der Waals surface area (Å²) in [6, 6.07) is 5.30. The van der Waals surface area contributed by atoms with Gasteiger partial charge in [-0.05, 0) is 68.7 Å². The number of nitrogens with zero attached hydrogens (tertiary/aromatic N) is 2. The highest BCUT2D eigenvalue weighted by Crippen LogP contribution is 2.35. The van der Waals surface area contributed by atoms with E-state index in [0.29, 0.717) is 11.3 Å². The van der Waals surface area contributed by atoms with Gasteiger partial charge in [-0.15, -0.1) is 11.3 Å². The predicted octanol–water partition coefficient (Wildman–Crippen LogP) is 4.40. The van der Waals surface area contributed by atoms with Gasteiger partial charge in [0.1, 0.15) is 10.9 Å². The molecule has 0 spiro atoms. The molecule has 1 aliphatic rings. The lowest BCUT2D eigenvalue weighted by atomic mass is 9.89. The van der Waals surface area contributed by atoms with E-state index in [1.165, 1.54) is 15.8 Å². The van der Waals surface area contributed by atoms with Gasteiger partial charge in [0.2, 0.25) is 5.91 Å². The highest BCUT2D eigenvalue weighted by molar-refractivity contribution is 7.18. The molecule has 3 aromatic rings. The summed E-state index contributed by atoms with van der Waals surface area (Å²) < 4.78 is 1.47. The number of benzene rings is 1. The quantitative estimate of drug-likeness (QED) is 0.715. The van der Waals surface area contributed by atoms with Gasteiger partial charge in [-0.25, -0.2) is 4.98 Å². The average molecular weight is 396 g/mol. The maximum absolute atomic E-state index is 13.2. The van der Waals surface area contributed by atoms with Crippen LogP contribution in [-0.4, -0.2) is 15.5 Å². The molecule has 2 atom stereocenters. The lowest BCUT2D eigenvalue weighted by Gasteiger charge is -2.18. The second kappa shape index (κ2) is 7.17. The van der Waals surface area contributed by atoms with Crippen LogP contribution in [0, 0.1) is 19.8 Å². The number of thiophene rings is 1. The molecule has 1 amide bonds. The van der Waals surface area contributed by atoms with Crippen molar-refractivity contribution in [1.82, 2.24) is 9.55 Å². The second-order valence-corrected chi connectivity index (χ2v) is 9.06. The molecule has 0 unspecified atom stereocenters. The summed E-state index contributed by atoms with van der Waals surface area (Å²) >= 11 is 1.63. The maximum atomic E-state index is 13.2. The zero-order chi connectivity index (χ0) is 20.0. The minimum absolute atomic E-state index is 0.110. The normalized spacial score (nSPS) is 17.4. The monoisotopic (exact) mass is 395 g/mol. The number of aromatic nitrogens is 2. The Kier molecular flexibility index (Phi) is 4.83. The molecule has 0 saturated heterocycles. The summed E-state index contributed by atoms with van der Waals surface area (Å²) in [5.41, 5.74) is 3.88. The van der Waals surface area contributed by atoms with Crippen LogP contribution in [0.2, 0.25) is 0 Å². The van der Waals surface area contributed by atoms with Gasteiger partial charge in [0.15, 0.2) is 0 Å². The highest BCUT2D eigenvalue weighted by atomic mass is 32.1. The van der Waals surface area contributed by atoms with Gasteiger partial charge in [0, 0.05) is 10.6 Å². The first-order valence-electron chi connectivity index (χ1n) is 9.74. The summed E-state index contributed by atoms with van der Waals surface area (Å²) in [5, 5.41) is 3.67. The van der Waals surface area contributed by atoms with Gasteiger partial charge in [0.25, 0.3) is 5.56 Å². The number of nitrogens with one attached hydrogen (secondary N) is 1. The number of carbonyl (C=O) groups excluding carboxylic acids is 1. The van der Waals surface area contributed by atoms with Crippen LogP contribution in [-0.2, 0) is 17.6 Å². The molecule has 0 saturated carbocycles. The molecule has 1 aliphatic carbocycles. The topological polar surface area (TPSA) is 64.0 Å². The summed E-state index contributed by atoms with van der Waals surface area (Å²) in [7, 11) is 0. The zero-order valence-electron chi connectivity index (χ0n) is 16.7. The number of anilines is 1. The molecule has 0 fully saturated rings. The van der Waals surface area contributed by atoms with Crippen LogP contribution in [0.15, 0.2) is 29.3 Å². The number of aryl methyl sites for hydroxylation is 3. The summed E-state index contributed by atoms with van der Waals surface area (Å²) in [6.07, 6.45) is 4.54. The lowest BCUT2D eigenvalue weighted by Crippen LogP contribution is -2.32. The van der Waals surface area contributed by atoms with E-state index in [1.54, 1.807) is 18.3 Å². The van der Waals surface area contributed by atoms with Crippen LogP contribution in [0.3, 0.4) is 0 Å². The van der Waals surface area contributed by atoms with Crippen molar-refractivity contribution in [3.05, 3.63) is 56.4 Å². The van der Waals surface area contributed by atoms with Crippen LogP contribution < -0.4 is 10.9 Å². The molecule has 146 valence electrons. The average Bonchev–Trinajstić information content (AvgIpc) is 3.02. The Morgan fingerprint density at radius 2 is 2.14 bits per heavy atom. The standard InChI is InChI=1S/C22H25N3O2S/c1-12-5-7-14(3)17(9-12)24-20(26)15(4)25-11-23-21-19(22(25)27)16-8-6-13(2)10-18(16)28-21/h5,7,9,11,13,15H,6,8,10H2,1-4H3,(H,24,26)/t13-,15+/m0/s1. The van der Waals surface area contributed by atoms with Crippen molar-refractivity contribution in [3.63, 3.8) is 0 Å². The largest absolute Gasteiger partial charge is 0.324 e. The fraction of sp³-hybridized carbons (Fsp3) is 0.409. The van der Waals surface area contributed by atoms with Gasteiger partial charge in [-0.2, -0.15) is 0 Å². The van der Waals surface area contributed by atoms with Crippen molar-refractivity contribution in [1.29, 1.82) is 0 Å². The predicted molar refractivity (Wildman–Crippen MR) is 114 cm³/mol. The summed E-state index contributed by atoms with van der Waals surface area (Å²) in [6.45, 7) is 7.94. The van der Waals surface area contributed by atoms with Gasteiger partial charge in [-0.3, -0.25) is 14.2 Å². The highest BCUT2D eigenvalue weighted by Gasteiger charge is 2.25. The van der Waals surface area contributed by atoms with Crippen LogP contribution in [0.5, 0.6) is 0 Å². The maximum Gasteiger partial charge on any atom is 0.263 e. The number of amides is 1. The molecule has 0 aliphatic heterocycles. The van der Waals surface area contributed by atoms with Crippen molar-refractivity contribution in [2.75, 3.05) is 5.32 Å². The third kappa shape index (κ3) is 3.26. The first-order chi connectivity index (χ1) is 13.3. The number of hydrogen-bond acceptors (Lipinski definition) is 4. The summed E-state index contributed by atoms with van der Waals surface area (Å²) in [5.74, 6) is 0.430. The molecule has 4 rings (SSSR count). The molecule has 2 aromatic heterocycles. The van der Waals surface area contributed by atoms with Gasteiger partial charge in [0.05, 0.1) is 11.7 Å². The van der Waals surface area contributed by atoms with Crippen LogP contribution >= 0.6 is 11.3 Å². The summed E-state index contributed by atoms with van der Waals surface area (Å²) in [4.78, 5) is 32.6. The zero-order valence-corrected chi connectivity index (χ0v) is 17.5. The molecule has 1 N–H and O–H groups in total. The van der Waals surface area contributed by atoms with E-state index in [2.05, 4.69) is 17.2 Å². The van der Waals surface area contributed by atoms with E-state index < -0.39 is 6.04 Å². The van der Waals surface area contributed by atoms with Crippen molar-refractivity contribution in [2.45, 2.75) is 53.0 Å². The van der Waals surface area contributed by atoms with E-state index in [1.807, 2.05) is 32.0 Å². The molecule has 1 aromatic carbocycles. The van der Waals surface area contributed by atoms with E-state index in [9.17, 15) is 9.59 Å². The van der Waals surface area contributed by atoms with E-state index in [0.717, 1.165) is 46.5 Å².